The molecule has 0 bridgehead atoms. The molecule has 1 nitrogen and oxygen atoms in total. The number of hydrogen-bond acceptors (Lipinski definition) is 2. The second-order valence-corrected chi connectivity index (χ2v) is 6.61. The van der Waals surface area contributed by atoms with Crippen molar-refractivity contribution in [3.8, 4) is 0 Å². The highest BCUT2D eigenvalue weighted by Gasteiger charge is 2.29. The summed E-state index contributed by atoms with van der Waals surface area (Å²) in [6, 6.07) is 0. The van der Waals surface area contributed by atoms with Gasteiger partial charge in [-0.3, -0.25) is 0 Å². The van der Waals surface area contributed by atoms with Gasteiger partial charge in [-0.25, -0.2) is 0 Å². The number of halogens is 1. The minimum Gasteiger partial charge on any atom is -0.385 e. The van der Waals surface area contributed by atoms with Gasteiger partial charge >= 0.3 is 0 Å². The van der Waals surface area contributed by atoms with Crippen molar-refractivity contribution in [2.45, 2.75) is 44.9 Å². The van der Waals surface area contributed by atoms with E-state index in [9.17, 15) is 0 Å². The molecule has 0 atom stereocenters. The first kappa shape index (κ1) is 14.8. The van der Waals surface area contributed by atoms with Gasteiger partial charge in [-0.1, -0.05) is 41.6 Å². The van der Waals surface area contributed by atoms with Gasteiger partial charge in [0, 0.05) is 19.0 Å². The van der Waals surface area contributed by atoms with Gasteiger partial charge in [0.2, 0.25) is 0 Å². The summed E-state index contributed by atoms with van der Waals surface area (Å²) in [5, 5.41) is 1.19. The van der Waals surface area contributed by atoms with Crippen LogP contribution in [0.3, 0.4) is 0 Å². The fourth-order valence-corrected chi connectivity index (χ4v) is 4.70. The van der Waals surface area contributed by atoms with Gasteiger partial charge in [-0.15, -0.1) is 0 Å². The zero-order valence-corrected chi connectivity index (χ0v) is 12.9. The van der Waals surface area contributed by atoms with E-state index in [1.54, 1.807) is 7.11 Å². The summed E-state index contributed by atoms with van der Waals surface area (Å²) in [7, 11) is 1.79. The van der Waals surface area contributed by atoms with Crippen molar-refractivity contribution in [3.63, 3.8) is 0 Å². The molecular formula is C13H25BrOS. The van der Waals surface area contributed by atoms with Crippen molar-refractivity contribution < 1.29 is 4.74 Å². The van der Waals surface area contributed by atoms with Crippen LogP contribution in [0.5, 0.6) is 0 Å². The highest BCUT2D eigenvalue weighted by atomic mass is 79.9. The van der Waals surface area contributed by atoms with E-state index in [0.29, 0.717) is 5.41 Å². The maximum atomic E-state index is 5.08. The third-order valence-electron chi connectivity index (χ3n) is 3.49. The van der Waals surface area contributed by atoms with Gasteiger partial charge in [0.05, 0.1) is 0 Å². The van der Waals surface area contributed by atoms with Crippen molar-refractivity contribution in [1.82, 2.24) is 0 Å². The van der Waals surface area contributed by atoms with Crippen LogP contribution in [0.1, 0.15) is 44.9 Å². The molecule has 0 spiro atoms. The zero-order chi connectivity index (χ0) is 11.7. The molecule has 96 valence electrons. The molecule has 1 aliphatic carbocycles. The second-order valence-electron chi connectivity index (χ2n) is 4.95. The topological polar surface area (TPSA) is 9.23 Å². The van der Waals surface area contributed by atoms with Crippen LogP contribution in [-0.2, 0) is 4.74 Å². The zero-order valence-electron chi connectivity index (χ0n) is 10.5. The van der Waals surface area contributed by atoms with E-state index in [4.69, 9.17) is 4.74 Å². The van der Waals surface area contributed by atoms with Crippen LogP contribution in [-0.4, -0.2) is 30.6 Å². The third kappa shape index (κ3) is 5.42. The van der Waals surface area contributed by atoms with Gasteiger partial charge in [-0.2, -0.15) is 11.8 Å². The smallest absolute Gasteiger partial charge is 0.0470 e. The summed E-state index contributed by atoms with van der Waals surface area (Å²) in [6.45, 7) is 0.911. The normalized spacial score (nSPS) is 20.6. The number of thioether (sulfide) groups is 1. The molecule has 0 aliphatic heterocycles. The maximum Gasteiger partial charge on any atom is 0.0470 e. The Morgan fingerprint density at radius 2 is 1.88 bits per heavy atom. The molecule has 1 rings (SSSR count). The Labute approximate surface area is 113 Å². The Morgan fingerprint density at radius 1 is 1.19 bits per heavy atom. The van der Waals surface area contributed by atoms with E-state index in [1.165, 1.54) is 61.8 Å². The average molecular weight is 309 g/mol. The lowest BCUT2D eigenvalue weighted by atomic mass is 9.85. The van der Waals surface area contributed by atoms with Crippen molar-refractivity contribution in [2.75, 3.05) is 30.6 Å². The maximum absolute atomic E-state index is 5.08. The summed E-state index contributed by atoms with van der Waals surface area (Å²) in [5.41, 5.74) is 0.592. The average Bonchev–Trinajstić information content (AvgIpc) is 2.55. The highest BCUT2D eigenvalue weighted by Crippen LogP contribution is 2.39. The fraction of sp³-hybridized carbons (Fsp3) is 1.00. The Hall–Kier alpha value is 0.790. The Morgan fingerprint density at radius 3 is 2.44 bits per heavy atom. The van der Waals surface area contributed by atoms with Crippen LogP contribution in [0.25, 0.3) is 0 Å². The summed E-state index contributed by atoms with van der Waals surface area (Å²) >= 11 is 5.87. The summed E-state index contributed by atoms with van der Waals surface area (Å²) < 4.78 is 5.08. The minimum absolute atomic E-state index is 0.592. The van der Waals surface area contributed by atoms with Crippen LogP contribution in [0.15, 0.2) is 0 Å². The Kier molecular flexibility index (Phi) is 8.19. The van der Waals surface area contributed by atoms with E-state index in [-0.39, 0.29) is 0 Å². The van der Waals surface area contributed by atoms with Gasteiger partial charge < -0.3 is 4.74 Å². The number of ether oxygens (including phenoxy) is 1. The summed E-state index contributed by atoms with van der Waals surface area (Å²) in [4.78, 5) is 0. The predicted molar refractivity (Wildman–Crippen MR) is 77.7 cm³/mol. The molecule has 1 fully saturated rings. The predicted octanol–water partition coefficient (Wildman–Crippen LogP) is 4.49. The van der Waals surface area contributed by atoms with Crippen LogP contribution in [0, 0.1) is 5.41 Å². The third-order valence-corrected chi connectivity index (χ3v) is 6.08. The van der Waals surface area contributed by atoms with Crippen molar-refractivity contribution in [3.05, 3.63) is 0 Å². The van der Waals surface area contributed by atoms with Crippen LogP contribution >= 0.6 is 27.7 Å². The number of hydrogen-bond donors (Lipinski definition) is 0. The molecule has 0 radical (unpaired) electrons. The van der Waals surface area contributed by atoms with Gasteiger partial charge in [-0.05, 0) is 36.2 Å². The molecule has 0 saturated heterocycles. The van der Waals surface area contributed by atoms with Crippen LogP contribution in [0.2, 0.25) is 0 Å². The van der Waals surface area contributed by atoms with Crippen LogP contribution < -0.4 is 0 Å². The quantitative estimate of drug-likeness (QED) is 0.389. The van der Waals surface area contributed by atoms with Crippen LogP contribution in [0.4, 0.5) is 0 Å². The molecule has 0 heterocycles. The molecule has 0 aromatic rings. The molecule has 0 aromatic carbocycles. The molecule has 0 aromatic heterocycles. The van der Waals surface area contributed by atoms with Crippen molar-refractivity contribution >= 4 is 27.7 Å². The molecule has 16 heavy (non-hydrogen) atoms. The van der Waals surface area contributed by atoms with E-state index >= 15 is 0 Å². The first-order valence-corrected chi connectivity index (χ1v) is 8.73. The van der Waals surface area contributed by atoms with E-state index < -0.39 is 0 Å². The molecule has 0 unspecified atom stereocenters. The van der Waals surface area contributed by atoms with E-state index in [1.807, 2.05) is 0 Å². The highest BCUT2D eigenvalue weighted by molar-refractivity contribution is 9.09. The molecule has 1 aliphatic rings. The minimum atomic E-state index is 0.592. The monoisotopic (exact) mass is 308 g/mol. The Bertz CT molecular complexity index is 167. The lowest BCUT2D eigenvalue weighted by Gasteiger charge is -2.30. The Balaban J connectivity index is 2.22. The number of methoxy groups -OCH3 is 1. The molecule has 0 amide bonds. The molecule has 3 heteroatoms. The van der Waals surface area contributed by atoms with Gasteiger partial charge in [0.15, 0.2) is 0 Å². The largest absolute Gasteiger partial charge is 0.385 e. The summed E-state index contributed by atoms with van der Waals surface area (Å²) in [5.74, 6) is 2.59. The van der Waals surface area contributed by atoms with E-state index in [0.717, 1.165) is 6.61 Å². The molecule has 1 saturated carbocycles. The molecule has 0 N–H and O–H groups in total. The number of rotatable bonds is 7. The lowest BCUT2D eigenvalue weighted by Crippen LogP contribution is -2.25. The van der Waals surface area contributed by atoms with Crippen molar-refractivity contribution in [2.24, 2.45) is 5.41 Å². The summed E-state index contributed by atoms with van der Waals surface area (Å²) in [6.07, 6.45) is 9.81. The number of alkyl halides is 1. The lowest BCUT2D eigenvalue weighted by molar-refractivity contribution is 0.200. The fourth-order valence-electron chi connectivity index (χ4n) is 2.39. The van der Waals surface area contributed by atoms with Crippen molar-refractivity contribution in [1.29, 1.82) is 0 Å². The van der Waals surface area contributed by atoms with E-state index in [2.05, 4.69) is 27.7 Å². The first-order valence-electron chi connectivity index (χ1n) is 6.46. The second kappa shape index (κ2) is 8.82. The molecular weight excluding hydrogens is 284 g/mol. The SMILES string of the molecule is COCCCSCC1(CBr)CCCCCC1. The standard InChI is InChI=1S/C13H25BrOS/c1-15-9-6-10-16-12-13(11-14)7-4-2-3-5-8-13/h2-12H2,1H3. The van der Waals surface area contributed by atoms with Gasteiger partial charge in [0.25, 0.3) is 0 Å². The van der Waals surface area contributed by atoms with Gasteiger partial charge in [0.1, 0.15) is 0 Å². The first-order chi connectivity index (χ1) is 7.83.